The maximum atomic E-state index is 12.0. The molecule has 5 heteroatoms. The first-order chi connectivity index (χ1) is 10.6. The van der Waals surface area contributed by atoms with Crippen LogP contribution in [0.1, 0.15) is 10.4 Å². The Bertz CT molecular complexity index is 681. The number of anilines is 1. The molecule has 1 N–H and O–H groups in total. The van der Waals surface area contributed by atoms with E-state index in [0.29, 0.717) is 17.1 Å². The Balaban J connectivity index is 2.06. The Morgan fingerprint density at radius 2 is 1.82 bits per heavy atom. The Morgan fingerprint density at radius 3 is 2.45 bits per heavy atom. The van der Waals surface area contributed by atoms with E-state index in [9.17, 15) is 4.79 Å². The van der Waals surface area contributed by atoms with E-state index in [4.69, 9.17) is 9.47 Å². The molecule has 0 saturated heterocycles. The third kappa shape index (κ3) is 4.11. The van der Waals surface area contributed by atoms with Crippen molar-refractivity contribution in [2.75, 3.05) is 19.5 Å². The molecule has 2 rings (SSSR count). The third-order valence-electron chi connectivity index (χ3n) is 3.01. The van der Waals surface area contributed by atoms with Gasteiger partial charge in [-0.2, -0.15) is 0 Å². The van der Waals surface area contributed by atoms with Crippen LogP contribution in [0.15, 0.2) is 59.2 Å². The zero-order valence-corrected chi connectivity index (χ0v) is 13.9. The van der Waals surface area contributed by atoms with Gasteiger partial charge in [0, 0.05) is 28.4 Å². The van der Waals surface area contributed by atoms with E-state index in [1.165, 1.54) is 6.08 Å². The lowest BCUT2D eigenvalue weighted by Crippen LogP contribution is -1.97. The predicted molar refractivity (Wildman–Crippen MR) is 90.8 cm³/mol. The van der Waals surface area contributed by atoms with Gasteiger partial charge in [0.25, 0.3) is 0 Å². The third-order valence-corrected chi connectivity index (χ3v) is 3.54. The molecule has 0 bridgehead atoms. The Hall–Kier alpha value is -2.27. The lowest BCUT2D eigenvalue weighted by molar-refractivity contribution is 0.104. The van der Waals surface area contributed by atoms with E-state index < -0.39 is 0 Å². The number of carbonyl (C=O) groups excluding carboxylic acids is 1. The molecule has 2 aromatic carbocycles. The molecule has 0 amide bonds. The number of rotatable bonds is 6. The second-order valence-electron chi connectivity index (χ2n) is 4.42. The van der Waals surface area contributed by atoms with Gasteiger partial charge in [-0.05, 0) is 36.4 Å². The van der Waals surface area contributed by atoms with E-state index in [2.05, 4.69) is 21.2 Å². The smallest absolute Gasteiger partial charge is 0.187 e. The minimum Gasteiger partial charge on any atom is -0.497 e. The molecule has 0 spiro atoms. The molecule has 0 fully saturated rings. The predicted octanol–water partition coefficient (Wildman–Crippen LogP) is 4.27. The molecule has 0 saturated carbocycles. The zero-order chi connectivity index (χ0) is 15.9. The highest BCUT2D eigenvalue weighted by atomic mass is 79.9. The quantitative estimate of drug-likeness (QED) is 0.616. The van der Waals surface area contributed by atoms with Crippen LogP contribution in [0.5, 0.6) is 11.5 Å². The van der Waals surface area contributed by atoms with Gasteiger partial charge in [-0.15, -0.1) is 0 Å². The van der Waals surface area contributed by atoms with Crippen molar-refractivity contribution in [2.45, 2.75) is 0 Å². The van der Waals surface area contributed by atoms with Gasteiger partial charge in [0.15, 0.2) is 5.78 Å². The number of nitrogens with one attached hydrogen (secondary N) is 1. The van der Waals surface area contributed by atoms with Gasteiger partial charge >= 0.3 is 0 Å². The van der Waals surface area contributed by atoms with Crippen molar-refractivity contribution < 1.29 is 14.3 Å². The molecule has 0 aliphatic rings. The normalized spacial score (nSPS) is 10.5. The highest BCUT2D eigenvalue weighted by molar-refractivity contribution is 9.10. The fourth-order valence-corrected chi connectivity index (χ4v) is 2.10. The zero-order valence-electron chi connectivity index (χ0n) is 12.3. The van der Waals surface area contributed by atoms with Crippen LogP contribution in [0, 0.1) is 0 Å². The van der Waals surface area contributed by atoms with Crippen molar-refractivity contribution >= 4 is 27.4 Å². The van der Waals surface area contributed by atoms with Crippen LogP contribution in [-0.2, 0) is 0 Å². The number of hydrogen-bond acceptors (Lipinski definition) is 4. The summed E-state index contributed by atoms with van der Waals surface area (Å²) in [4.78, 5) is 12.0. The largest absolute Gasteiger partial charge is 0.497 e. The van der Waals surface area contributed by atoms with Gasteiger partial charge in [0.1, 0.15) is 11.5 Å². The van der Waals surface area contributed by atoms with E-state index in [1.807, 2.05) is 24.3 Å². The Kier molecular flexibility index (Phi) is 5.61. The van der Waals surface area contributed by atoms with Crippen molar-refractivity contribution in [1.29, 1.82) is 0 Å². The summed E-state index contributed by atoms with van der Waals surface area (Å²) in [6, 6.07) is 12.6. The number of ketones is 1. The van der Waals surface area contributed by atoms with Crippen LogP contribution in [0.2, 0.25) is 0 Å². The van der Waals surface area contributed by atoms with Crippen LogP contribution >= 0.6 is 15.9 Å². The maximum Gasteiger partial charge on any atom is 0.187 e. The molecule has 0 unspecified atom stereocenters. The summed E-state index contributed by atoms with van der Waals surface area (Å²) in [6.45, 7) is 0. The molecule has 2 aromatic rings. The summed E-state index contributed by atoms with van der Waals surface area (Å²) in [5.74, 6) is 1.27. The summed E-state index contributed by atoms with van der Waals surface area (Å²) in [5.41, 5.74) is 1.38. The van der Waals surface area contributed by atoms with E-state index in [1.54, 1.807) is 38.6 Å². The number of halogens is 1. The number of carbonyl (C=O) groups is 1. The number of methoxy groups -OCH3 is 2. The number of hydrogen-bond donors (Lipinski definition) is 1. The minimum absolute atomic E-state index is 0.0764. The van der Waals surface area contributed by atoms with Crippen LogP contribution in [-0.4, -0.2) is 20.0 Å². The lowest BCUT2D eigenvalue weighted by atomic mass is 10.1. The Morgan fingerprint density at radius 1 is 1.09 bits per heavy atom. The molecule has 4 nitrogen and oxygen atoms in total. The van der Waals surface area contributed by atoms with E-state index >= 15 is 0 Å². The summed E-state index contributed by atoms with van der Waals surface area (Å²) >= 11 is 3.34. The molecule has 0 heterocycles. The first kappa shape index (κ1) is 16.1. The minimum atomic E-state index is -0.0764. The second kappa shape index (κ2) is 7.66. The molecular formula is C17H16BrNO3. The molecule has 0 radical (unpaired) electrons. The van der Waals surface area contributed by atoms with Crippen LogP contribution in [0.4, 0.5) is 5.69 Å². The standard InChI is InChI=1S/C17H16BrNO3/c1-21-14-7-8-15(17(11-14)22-2)19-10-9-16(20)12-3-5-13(18)6-4-12/h3-11,19H,1-2H3/b10-9+. The summed E-state index contributed by atoms with van der Waals surface area (Å²) in [6.07, 6.45) is 3.07. The fraction of sp³-hybridized carbons (Fsp3) is 0.118. The molecule has 0 atom stereocenters. The highest BCUT2D eigenvalue weighted by Gasteiger charge is 2.04. The van der Waals surface area contributed by atoms with Gasteiger partial charge in [0.2, 0.25) is 0 Å². The molecular weight excluding hydrogens is 346 g/mol. The molecule has 22 heavy (non-hydrogen) atoms. The van der Waals surface area contributed by atoms with Crippen LogP contribution < -0.4 is 14.8 Å². The van der Waals surface area contributed by atoms with E-state index in [0.717, 1.165) is 10.2 Å². The van der Waals surface area contributed by atoms with Crippen molar-refractivity contribution in [3.63, 3.8) is 0 Å². The van der Waals surface area contributed by atoms with Gasteiger partial charge < -0.3 is 14.8 Å². The average Bonchev–Trinajstić information content (AvgIpc) is 2.55. The summed E-state index contributed by atoms with van der Waals surface area (Å²) in [5, 5.41) is 3.04. The maximum absolute atomic E-state index is 12.0. The number of ether oxygens (including phenoxy) is 2. The van der Waals surface area contributed by atoms with Crippen molar-refractivity contribution in [3.8, 4) is 11.5 Å². The highest BCUT2D eigenvalue weighted by Crippen LogP contribution is 2.28. The first-order valence-electron chi connectivity index (χ1n) is 6.59. The number of allylic oxidation sites excluding steroid dienone is 1. The fourth-order valence-electron chi connectivity index (χ4n) is 1.84. The van der Waals surface area contributed by atoms with Crippen molar-refractivity contribution in [1.82, 2.24) is 0 Å². The SMILES string of the molecule is COc1ccc(N/C=C/C(=O)c2ccc(Br)cc2)c(OC)c1. The molecule has 114 valence electrons. The number of benzene rings is 2. The molecule has 0 aromatic heterocycles. The second-order valence-corrected chi connectivity index (χ2v) is 5.33. The van der Waals surface area contributed by atoms with Gasteiger partial charge in [-0.25, -0.2) is 0 Å². The first-order valence-corrected chi connectivity index (χ1v) is 7.38. The van der Waals surface area contributed by atoms with Crippen LogP contribution in [0.25, 0.3) is 0 Å². The average molecular weight is 362 g/mol. The topological polar surface area (TPSA) is 47.6 Å². The lowest BCUT2D eigenvalue weighted by Gasteiger charge is -2.09. The van der Waals surface area contributed by atoms with Gasteiger partial charge in [-0.1, -0.05) is 15.9 Å². The Labute approximate surface area is 137 Å². The van der Waals surface area contributed by atoms with Crippen LogP contribution in [0.3, 0.4) is 0 Å². The van der Waals surface area contributed by atoms with Crippen molar-refractivity contribution in [2.24, 2.45) is 0 Å². The summed E-state index contributed by atoms with van der Waals surface area (Å²) < 4.78 is 11.4. The van der Waals surface area contributed by atoms with E-state index in [-0.39, 0.29) is 5.78 Å². The van der Waals surface area contributed by atoms with Gasteiger partial charge in [0.05, 0.1) is 19.9 Å². The monoisotopic (exact) mass is 361 g/mol. The van der Waals surface area contributed by atoms with Gasteiger partial charge in [-0.3, -0.25) is 4.79 Å². The molecule has 0 aliphatic carbocycles. The summed E-state index contributed by atoms with van der Waals surface area (Å²) in [7, 11) is 3.18. The van der Waals surface area contributed by atoms with Crippen molar-refractivity contribution in [3.05, 3.63) is 64.8 Å². The molecule has 0 aliphatic heterocycles.